The minimum atomic E-state index is -1.05. The van der Waals surface area contributed by atoms with Gasteiger partial charge in [-0.2, -0.15) is 0 Å². The fraction of sp³-hybridized carbons (Fsp3) is 0.200. The molecule has 0 spiro atoms. The molecule has 1 N–H and O–H groups in total. The van der Waals surface area contributed by atoms with Gasteiger partial charge >= 0.3 is 11.9 Å². The van der Waals surface area contributed by atoms with Gasteiger partial charge in [-0.25, -0.2) is 4.79 Å². The molecule has 1 aliphatic heterocycles. The van der Waals surface area contributed by atoms with E-state index in [1.165, 1.54) is 18.2 Å². The Morgan fingerprint density at radius 3 is 2.66 bits per heavy atom. The Kier molecular flexibility index (Phi) is 5.88. The van der Waals surface area contributed by atoms with Crippen LogP contribution in [0, 0.1) is 0 Å². The number of carboxylic acids is 1. The number of amides is 2. The molecular formula is C20H18N2O6S. The van der Waals surface area contributed by atoms with Crippen molar-refractivity contribution < 1.29 is 29.0 Å². The van der Waals surface area contributed by atoms with Crippen LogP contribution in [-0.4, -0.2) is 50.3 Å². The van der Waals surface area contributed by atoms with Crippen molar-refractivity contribution in [2.45, 2.75) is 20.0 Å². The number of carbonyl (C=O) groups excluding carboxylic acids is 3. The number of benzene rings is 1. The van der Waals surface area contributed by atoms with E-state index in [9.17, 15) is 24.3 Å². The van der Waals surface area contributed by atoms with Gasteiger partial charge in [0.05, 0.1) is 16.6 Å². The van der Waals surface area contributed by atoms with Gasteiger partial charge in [0.1, 0.15) is 6.54 Å². The van der Waals surface area contributed by atoms with Crippen LogP contribution in [0.5, 0.6) is 0 Å². The van der Waals surface area contributed by atoms with E-state index in [4.69, 9.17) is 4.74 Å². The summed E-state index contributed by atoms with van der Waals surface area (Å²) in [4.78, 5) is 48.8. The maximum Gasteiger partial charge on any atom is 0.335 e. The third-order valence-corrected chi connectivity index (χ3v) is 4.87. The number of carbonyl (C=O) groups is 4. The van der Waals surface area contributed by atoms with Gasteiger partial charge in [0, 0.05) is 17.6 Å². The molecule has 2 aromatic rings. The molecular weight excluding hydrogens is 396 g/mol. The van der Waals surface area contributed by atoms with Crippen LogP contribution in [0.15, 0.2) is 47.5 Å². The molecule has 9 heteroatoms. The molecule has 150 valence electrons. The van der Waals surface area contributed by atoms with E-state index < -0.39 is 29.6 Å². The molecule has 0 aliphatic carbocycles. The topological polar surface area (TPSA) is 106 Å². The van der Waals surface area contributed by atoms with Crippen LogP contribution in [0.1, 0.15) is 29.9 Å². The molecule has 1 fully saturated rings. The summed E-state index contributed by atoms with van der Waals surface area (Å²) >= 11 is 0.736. The standard InChI is InChI=1S/C20H18N2O6S/c1-12(2)28-17(23)11-22-18(24)16(29-20(22)27)10-15-7-4-8-21(15)14-6-3-5-13(9-14)19(25)26/h3-10,12H,11H2,1-2H3,(H,25,26)/b16-10+. The zero-order chi connectivity index (χ0) is 21.1. The molecule has 2 heterocycles. The quantitative estimate of drug-likeness (QED) is 0.572. The van der Waals surface area contributed by atoms with Crippen LogP contribution >= 0.6 is 11.8 Å². The highest BCUT2D eigenvalue weighted by Gasteiger charge is 2.37. The van der Waals surface area contributed by atoms with Crippen molar-refractivity contribution >= 4 is 40.9 Å². The Hall–Kier alpha value is -3.33. The first-order valence-electron chi connectivity index (χ1n) is 8.72. The summed E-state index contributed by atoms with van der Waals surface area (Å²) in [5.41, 5.74) is 1.31. The van der Waals surface area contributed by atoms with Crippen LogP contribution in [0.4, 0.5) is 4.79 Å². The molecule has 2 amide bonds. The molecule has 3 rings (SSSR count). The summed E-state index contributed by atoms with van der Waals surface area (Å²) in [6.45, 7) is 2.92. The number of thioether (sulfide) groups is 1. The maximum absolute atomic E-state index is 12.6. The van der Waals surface area contributed by atoms with E-state index in [-0.39, 0.29) is 16.6 Å². The Bertz CT molecular complexity index is 1020. The van der Waals surface area contributed by atoms with Crippen molar-refractivity contribution in [3.05, 3.63) is 58.8 Å². The lowest BCUT2D eigenvalue weighted by Gasteiger charge is -2.13. The minimum absolute atomic E-state index is 0.131. The highest BCUT2D eigenvalue weighted by atomic mass is 32.2. The predicted molar refractivity (Wildman–Crippen MR) is 107 cm³/mol. The molecule has 0 bridgehead atoms. The van der Waals surface area contributed by atoms with E-state index in [1.807, 2.05) is 0 Å². The first kappa shape index (κ1) is 20.4. The van der Waals surface area contributed by atoms with Gasteiger partial charge in [0.25, 0.3) is 11.1 Å². The highest BCUT2D eigenvalue weighted by Crippen LogP contribution is 2.32. The highest BCUT2D eigenvalue weighted by molar-refractivity contribution is 8.18. The molecule has 0 unspecified atom stereocenters. The molecule has 1 saturated heterocycles. The normalized spacial score (nSPS) is 15.4. The Balaban J connectivity index is 1.85. The first-order chi connectivity index (χ1) is 13.8. The number of rotatable bonds is 6. The van der Waals surface area contributed by atoms with Crippen molar-refractivity contribution in [3.8, 4) is 5.69 Å². The van der Waals surface area contributed by atoms with Crippen molar-refractivity contribution in [2.75, 3.05) is 6.54 Å². The smallest absolute Gasteiger partial charge is 0.335 e. The van der Waals surface area contributed by atoms with Crippen molar-refractivity contribution in [3.63, 3.8) is 0 Å². The summed E-state index contributed by atoms with van der Waals surface area (Å²) in [5.74, 6) is -2.28. The Labute approximate surface area is 170 Å². The van der Waals surface area contributed by atoms with Gasteiger partial charge in [-0.3, -0.25) is 19.3 Å². The SMILES string of the molecule is CC(C)OC(=O)CN1C(=O)S/C(=C/c2cccn2-c2cccc(C(=O)O)c2)C1=O. The van der Waals surface area contributed by atoms with Crippen LogP contribution < -0.4 is 0 Å². The largest absolute Gasteiger partial charge is 0.478 e. The molecule has 1 aromatic carbocycles. The molecule has 0 atom stereocenters. The van der Waals surface area contributed by atoms with Gasteiger partial charge in [0.15, 0.2) is 0 Å². The van der Waals surface area contributed by atoms with E-state index in [2.05, 4.69) is 0 Å². The van der Waals surface area contributed by atoms with Gasteiger partial charge in [0.2, 0.25) is 0 Å². The molecule has 1 aromatic heterocycles. The third-order valence-electron chi connectivity index (χ3n) is 3.96. The summed E-state index contributed by atoms with van der Waals surface area (Å²) in [7, 11) is 0. The number of aromatic carboxylic acids is 1. The van der Waals surface area contributed by atoms with Crippen LogP contribution in [0.2, 0.25) is 0 Å². The van der Waals surface area contributed by atoms with Gasteiger partial charge < -0.3 is 14.4 Å². The van der Waals surface area contributed by atoms with Crippen LogP contribution in [-0.2, 0) is 14.3 Å². The Morgan fingerprint density at radius 2 is 1.97 bits per heavy atom. The Morgan fingerprint density at radius 1 is 1.21 bits per heavy atom. The number of esters is 1. The monoisotopic (exact) mass is 414 g/mol. The predicted octanol–water partition coefficient (Wildman–Crippen LogP) is 3.16. The lowest BCUT2D eigenvalue weighted by Crippen LogP contribution is -2.35. The fourth-order valence-corrected chi connectivity index (χ4v) is 3.56. The molecule has 0 radical (unpaired) electrons. The summed E-state index contributed by atoms with van der Waals surface area (Å²) in [5, 5.41) is 8.63. The number of hydrogen-bond donors (Lipinski definition) is 1. The number of imide groups is 1. The van der Waals surface area contributed by atoms with E-state index in [0.29, 0.717) is 11.4 Å². The summed E-state index contributed by atoms with van der Waals surface area (Å²) < 4.78 is 6.69. The lowest BCUT2D eigenvalue weighted by atomic mass is 10.2. The zero-order valence-electron chi connectivity index (χ0n) is 15.7. The van der Waals surface area contributed by atoms with Gasteiger partial charge in [-0.05, 0) is 62.0 Å². The van der Waals surface area contributed by atoms with Gasteiger partial charge in [-0.15, -0.1) is 0 Å². The van der Waals surface area contributed by atoms with E-state index >= 15 is 0 Å². The maximum atomic E-state index is 12.6. The number of ether oxygens (including phenoxy) is 1. The summed E-state index contributed by atoms with van der Waals surface area (Å²) in [6.07, 6.45) is 2.91. The van der Waals surface area contributed by atoms with E-state index in [0.717, 1.165) is 16.7 Å². The van der Waals surface area contributed by atoms with Crippen molar-refractivity contribution in [2.24, 2.45) is 0 Å². The average Bonchev–Trinajstić information content (AvgIpc) is 3.21. The molecule has 29 heavy (non-hydrogen) atoms. The molecule has 1 aliphatic rings. The molecule has 8 nitrogen and oxygen atoms in total. The lowest BCUT2D eigenvalue weighted by molar-refractivity contribution is -0.149. The van der Waals surface area contributed by atoms with E-state index in [1.54, 1.807) is 48.9 Å². The second kappa shape index (κ2) is 8.36. The number of carboxylic acid groups (broad SMARTS) is 1. The minimum Gasteiger partial charge on any atom is -0.478 e. The fourth-order valence-electron chi connectivity index (χ4n) is 2.74. The average molecular weight is 414 g/mol. The number of aromatic nitrogens is 1. The summed E-state index contributed by atoms with van der Waals surface area (Å²) in [6, 6.07) is 9.82. The second-order valence-corrected chi connectivity index (χ2v) is 7.46. The zero-order valence-corrected chi connectivity index (χ0v) is 16.5. The third kappa shape index (κ3) is 4.57. The van der Waals surface area contributed by atoms with Gasteiger partial charge in [-0.1, -0.05) is 6.07 Å². The van der Waals surface area contributed by atoms with Crippen LogP contribution in [0.3, 0.4) is 0 Å². The molecule has 0 saturated carbocycles. The van der Waals surface area contributed by atoms with Crippen molar-refractivity contribution in [1.29, 1.82) is 0 Å². The number of hydrogen-bond acceptors (Lipinski definition) is 6. The number of nitrogens with zero attached hydrogens (tertiary/aromatic N) is 2. The first-order valence-corrected chi connectivity index (χ1v) is 9.54. The van der Waals surface area contributed by atoms with Crippen LogP contribution in [0.25, 0.3) is 11.8 Å². The second-order valence-electron chi connectivity index (χ2n) is 6.47. The van der Waals surface area contributed by atoms with Crippen molar-refractivity contribution in [1.82, 2.24) is 9.47 Å².